The van der Waals surface area contributed by atoms with Crippen LogP contribution in [0.4, 0.5) is 4.79 Å². The summed E-state index contributed by atoms with van der Waals surface area (Å²) in [4.78, 5) is 38.7. The maximum atomic E-state index is 12.5. The summed E-state index contributed by atoms with van der Waals surface area (Å²) < 4.78 is 1.55. The number of amides is 4. The molecule has 3 rings (SSSR count). The van der Waals surface area contributed by atoms with Gasteiger partial charge in [-0.3, -0.25) is 19.2 Å². The zero-order chi connectivity index (χ0) is 15.1. The van der Waals surface area contributed by atoms with Crippen molar-refractivity contribution in [2.75, 3.05) is 19.6 Å². The van der Waals surface area contributed by atoms with Gasteiger partial charge in [-0.25, -0.2) is 4.79 Å². The van der Waals surface area contributed by atoms with Gasteiger partial charge in [-0.1, -0.05) is 0 Å². The normalized spacial score (nSPS) is 22.1. The standard InChI is InChI=1S/C13H17N5O3/c1-8-5-10(16(2)15-8)12(20)17-4-3-9(7-17)18-11(19)6-14-13(18)21/h5,9H,3-4,6-7H2,1-2H3,(H,14,21). The van der Waals surface area contributed by atoms with Crippen LogP contribution in [-0.2, 0) is 11.8 Å². The number of rotatable bonds is 2. The first-order valence-electron chi connectivity index (χ1n) is 6.87. The van der Waals surface area contributed by atoms with Crippen molar-refractivity contribution >= 4 is 17.8 Å². The molecule has 0 aromatic carbocycles. The Labute approximate surface area is 121 Å². The second-order valence-corrected chi connectivity index (χ2v) is 5.41. The number of hydrogen-bond acceptors (Lipinski definition) is 4. The van der Waals surface area contributed by atoms with E-state index in [2.05, 4.69) is 10.4 Å². The summed E-state index contributed by atoms with van der Waals surface area (Å²) in [6, 6.07) is 1.14. The number of imide groups is 1. The highest BCUT2D eigenvalue weighted by atomic mass is 16.2. The largest absolute Gasteiger partial charge is 0.335 e. The van der Waals surface area contributed by atoms with E-state index in [1.165, 1.54) is 4.90 Å². The molecule has 8 heteroatoms. The molecule has 0 spiro atoms. The first-order valence-corrected chi connectivity index (χ1v) is 6.87. The van der Waals surface area contributed by atoms with E-state index in [1.54, 1.807) is 22.7 Å². The molecule has 8 nitrogen and oxygen atoms in total. The van der Waals surface area contributed by atoms with Crippen LogP contribution in [-0.4, -0.2) is 63.1 Å². The van der Waals surface area contributed by atoms with Crippen molar-refractivity contribution in [2.24, 2.45) is 7.05 Å². The van der Waals surface area contributed by atoms with E-state index in [9.17, 15) is 14.4 Å². The van der Waals surface area contributed by atoms with Crippen LogP contribution in [0.1, 0.15) is 22.6 Å². The lowest BCUT2D eigenvalue weighted by Crippen LogP contribution is -2.43. The predicted molar refractivity (Wildman–Crippen MR) is 72.5 cm³/mol. The molecular weight excluding hydrogens is 274 g/mol. The molecule has 2 aliphatic heterocycles. The molecule has 0 radical (unpaired) electrons. The first kappa shape index (κ1) is 13.6. The molecular formula is C13H17N5O3. The monoisotopic (exact) mass is 291 g/mol. The Morgan fingerprint density at radius 1 is 1.43 bits per heavy atom. The number of hydrogen-bond donors (Lipinski definition) is 1. The SMILES string of the molecule is Cc1cc(C(=O)N2CCC(N3C(=O)CNC3=O)C2)n(C)n1. The number of nitrogens with zero attached hydrogens (tertiary/aromatic N) is 4. The average Bonchev–Trinajstić information content (AvgIpc) is 3.10. The van der Waals surface area contributed by atoms with Gasteiger partial charge in [0.25, 0.3) is 5.91 Å². The minimum atomic E-state index is -0.365. The van der Waals surface area contributed by atoms with Crippen LogP contribution >= 0.6 is 0 Å². The summed E-state index contributed by atoms with van der Waals surface area (Å²) in [5.41, 5.74) is 1.30. The summed E-state index contributed by atoms with van der Waals surface area (Å²) >= 11 is 0. The Balaban J connectivity index is 1.72. The van der Waals surface area contributed by atoms with E-state index in [0.717, 1.165) is 5.69 Å². The molecule has 1 aromatic rings. The molecule has 0 bridgehead atoms. The summed E-state index contributed by atoms with van der Waals surface area (Å²) in [5, 5.41) is 6.67. The Kier molecular flexibility index (Phi) is 3.15. The molecule has 112 valence electrons. The summed E-state index contributed by atoms with van der Waals surface area (Å²) in [5.74, 6) is -0.344. The van der Waals surface area contributed by atoms with Crippen molar-refractivity contribution in [3.8, 4) is 0 Å². The molecule has 2 saturated heterocycles. The van der Waals surface area contributed by atoms with Crippen LogP contribution < -0.4 is 5.32 Å². The van der Waals surface area contributed by atoms with Gasteiger partial charge in [-0.05, 0) is 19.4 Å². The van der Waals surface area contributed by atoms with E-state index in [1.807, 2.05) is 6.92 Å². The molecule has 2 aliphatic rings. The van der Waals surface area contributed by atoms with Gasteiger partial charge in [0.05, 0.1) is 18.3 Å². The van der Waals surface area contributed by atoms with Crippen molar-refractivity contribution in [3.05, 3.63) is 17.5 Å². The highest BCUT2D eigenvalue weighted by Crippen LogP contribution is 2.20. The Morgan fingerprint density at radius 3 is 2.76 bits per heavy atom. The lowest BCUT2D eigenvalue weighted by molar-refractivity contribution is -0.126. The number of carbonyl (C=O) groups excluding carboxylic acids is 3. The Hall–Kier alpha value is -2.38. The van der Waals surface area contributed by atoms with Gasteiger partial charge in [-0.2, -0.15) is 5.10 Å². The number of urea groups is 1. The van der Waals surface area contributed by atoms with E-state index in [-0.39, 0.29) is 30.4 Å². The van der Waals surface area contributed by atoms with Crippen LogP contribution in [0.25, 0.3) is 0 Å². The molecule has 1 atom stereocenters. The Morgan fingerprint density at radius 2 is 2.19 bits per heavy atom. The third-order valence-corrected chi connectivity index (χ3v) is 3.92. The zero-order valence-electron chi connectivity index (χ0n) is 12.0. The van der Waals surface area contributed by atoms with Crippen molar-refractivity contribution in [2.45, 2.75) is 19.4 Å². The Bertz CT molecular complexity index is 607. The van der Waals surface area contributed by atoms with Gasteiger partial charge in [0.1, 0.15) is 5.69 Å². The fraction of sp³-hybridized carbons (Fsp3) is 0.538. The maximum absolute atomic E-state index is 12.5. The lowest BCUT2D eigenvalue weighted by atomic mass is 10.2. The second-order valence-electron chi connectivity index (χ2n) is 5.41. The van der Waals surface area contributed by atoms with Crippen molar-refractivity contribution in [1.82, 2.24) is 24.9 Å². The number of nitrogens with one attached hydrogen (secondary N) is 1. The zero-order valence-corrected chi connectivity index (χ0v) is 12.0. The summed E-state index contributed by atoms with van der Waals surface area (Å²) in [7, 11) is 1.73. The van der Waals surface area contributed by atoms with Crippen LogP contribution in [0.3, 0.4) is 0 Å². The average molecular weight is 291 g/mol. The van der Waals surface area contributed by atoms with Gasteiger partial charge in [0.2, 0.25) is 5.91 Å². The second kappa shape index (κ2) is 4.87. The van der Waals surface area contributed by atoms with Gasteiger partial charge in [0.15, 0.2) is 0 Å². The van der Waals surface area contributed by atoms with E-state index in [0.29, 0.717) is 25.2 Å². The number of aryl methyl sites for hydroxylation is 2. The molecule has 21 heavy (non-hydrogen) atoms. The number of carbonyl (C=O) groups is 3. The molecule has 4 amide bonds. The van der Waals surface area contributed by atoms with E-state index < -0.39 is 0 Å². The van der Waals surface area contributed by atoms with E-state index >= 15 is 0 Å². The van der Waals surface area contributed by atoms with Crippen LogP contribution in [0.2, 0.25) is 0 Å². The number of likely N-dealkylation sites (tertiary alicyclic amines) is 1. The molecule has 3 heterocycles. The minimum Gasteiger partial charge on any atom is -0.335 e. The smallest absolute Gasteiger partial charge is 0.324 e. The number of aromatic nitrogens is 2. The molecule has 1 unspecified atom stereocenters. The summed E-state index contributed by atoms with van der Waals surface area (Å²) in [6.45, 7) is 2.79. The maximum Gasteiger partial charge on any atom is 0.324 e. The van der Waals surface area contributed by atoms with Crippen molar-refractivity contribution < 1.29 is 14.4 Å². The van der Waals surface area contributed by atoms with Crippen molar-refractivity contribution in [1.29, 1.82) is 0 Å². The highest BCUT2D eigenvalue weighted by molar-refractivity contribution is 6.02. The van der Waals surface area contributed by atoms with Gasteiger partial charge >= 0.3 is 6.03 Å². The quantitative estimate of drug-likeness (QED) is 0.744. The van der Waals surface area contributed by atoms with Crippen LogP contribution in [0.15, 0.2) is 6.07 Å². The lowest BCUT2D eigenvalue weighted by Gasteiger charge is -2.21. The molecule has 2 fully saturated rings. The first-order chi connectivity index (χ1) is 9.97. The third-order valence-electron chi connectivity index (χ3n) is 3.92. The molecule has 0 saturated carbocycles. The molecule has 1 N–H and O–H groups in total. The fourth-order valence-electron chi connectivity index (χ4n) is 2.91. The van der Waals surface area contributed by atoms with Crippen molar-refractivity contribution in [3.63, 3.8) is 0 Å². The van der Waals surface area contributed by atoms with Gasteiger partial charge < -0.3 is 10.2 Å². The van der Waals surface area contributed by atoms with Gasteiger partial charge in [-0.15, -0.1) is 0 Å². The van der Waals surface area contributed by atoms with Gasteiger partial charge in [0, 0.05) is 20.1 Å². The fourth-order valence-corrected chi connectivity index (χ4v) is 2.91. The summed E-state index contributed by atoms with van der Waals surface area (Å²) in [6.07, 6.45) is 0.613. The predicted octanol–water partition coefficient (Wildman–Crippen LogP) is -0.505. The third kappa shape index (κ3) is 2.26. The molecule has 0 aliphatic carbocycles. The van der Waals surface area contributed by atoms with Crippen LogP contribution in [0.5, 0.6) is 0 Å². The molecule has 1 aromatic heterocycles. The minimum absolute atomic E-state index is 0.0458. The van der Waals surface area contributed by atoms with Crippen LogP contribution in [0, 0.1) is 6.92 Å². The highest BCUT2D eigenvalue weighted by Gasteiger charge is 2.40. The topological polar surface area (TPSA) is 87.5 Å². The van der Waals surface area contributed by atoms with E-state index in [4.69, 9.17) is 0 Å².